The highest BCUT2D eigenvalue weighted by molar-refractivity contribution is 6.42. The molecule has 1 nitrogen and oxygen atoms in total. The van der Waals surface area contributed by atoms with Gasteiger partial charge in [0.15, 0.2) is 5.78 Å². The number of halogens is 4. The van der Waals surface area contributed by atoms with Crippen LogP contribution in [0.1, 0.15) is 15.9 Å². The van der Waals surface area contributed by atoms with Gasteiger partial charge in [0, 0.05) is 5.56 Å². The van der Waals surface area contributed by atoms with Crippen LogP contribution in [0.3, 0.4) is 0 Å². The average molecular weight is 304 g/mol. The van der Waals surface area contributed by atoms with Crippen molar-refractivity contribution in [2.24, 2.45) is 0 Å². The lowest BCUT2D eigenvalue weighted by atomic mass is 10.0. The molecule has 0 N–H and O–H groups in total. The number of hydrogen-bond donors (Lipinski definition) is 0. The summed E-state index contributed by atoms with van der Waals surface area (Å²) >= 11 is 17.7. The second kappa shape index (κ2) is 5.27. The van der Waals surface area contributed by atoms with Gasteiger partial charge in [-0.1, -0.05) is 40.9 Å². The van der Waals surface area contributed by atoms with Crippen molar-refractivity contribution in [1.82, 2.24) is 0 Å². The topological polar surface area (TPSA) is 17.1 Å². The fourth-order valence-corrected chi connectivity index (χ4v) is 2.29. The Kier molecular flexibility index (Phi) is 3.91. The molecule has 0 fully saturated rings. The summed E-state index contributed by atoms with van der Waals surface area (Å²) in [6.07, 6.45) is 0. The van der Waals surface area contributed by atoms with E-state index in [0.29, 0.717) is 0 Å². The van der Waals surface area contributed by atoms with Crippen LogP contribution in [0.4, 0.5) is 4.39 Å². The third kappa shape index (κ3) is 2.51. The highest BCUT2D eigenvalue weighted by Crippen LogP contribution is 2.29. The van der Waals surface area contributed by atoms with Gasteiger partial charge in [0.1, 0.15) is 5.82 Å². The van der Waals surface area contributed by atoms with Gasteiger partial charge in [0.25, 0.3) is 0 Å². The van der Waals surface area contributed by atoms with E-state index in [1.165, 1.54) is 24.3 Å². The van der Waals surface area contributed by atoms with Crippen LogP contribution >= 0.6 is 34.8 Å². The predicted molar refractivity (Wildman–Crippen MR) is 71.3 cm³/mol. The van der Waals surface area contributed by atoms with Crippen LogP contribution in [-0.2, 0) is 0 Å². The van der Waals surface area contributed by atoms with Crippen molar-refractivity contribution in [3.05, 3.63) is 68.4 Å². The molecular formula is C13H6Cl3FO. The van der Waals surface area contributed by atoms with E-state index >= 15 is 0 Å². The fourth-order valence-electron chi connectivity index (χ4n) is 1.52. The van der Waals surface area contributed by atoms with Crippen LogP contribution in [0.2, 0.25) is 15.1 Å². The van der Waals surface area contributed by atoms with Crippen LogP contribution in [-0.4, -0.2) is 5.78 Å². The van der Waals surface area contributed by atoms with Crippen molar-refractivity contribution < 1.29 is 9.18 Å². The van der Waals surface area contributed by atoms with Gasteiger partial charge >= 0.3 is 0 Å². The van der Waals surface area contributed by atoms with Gasteiger partial charge in [-0.05, 0) is 30.3 Å². The third-order valence-corrected chi connectivity index (χ3v) is 3.32. The van der Waals surface area contributed by atoms with E-state index in [0.717, 1.165) is 6.07 Å². The highest BCUT2D eigenvalue weighted by atomic mass is 35.5. The van der Waals surface area contributed by atoms with E-state index in [-0.39, 0.29) is 26.2 Å². The normalized spacial score (nSPS) is 10.4. The molecule has 0 atom stereocenters. The first-order chi connectivity index (χ1) is 8.50. The van der Waals surface area contributed by atoms with E-state index in [2.05, 4.69) is 0 Å². The zero-order valence-electron chi connectivity index (χ0n) is 8.88. The van der Waals surface area contributed by atoms with Gasteiger partial charge in [-0.15, -0.1) is 0 Å². The lowest BCUT2D eigenvalue weighted by Crippen LogP contribution is -2.04. The van der Waals surface area contributed by atoms with E-state index < -0.39 is 11.6 Å². The number of rotatable bonds is 2. The van der Waals surface area contributed by atoms with Gasteiger partial charge in [-0.2, -0.15) is 0 Å². The molecule has 0 saturated heterocycles. The largest absolute Gasteiger partial charge is 0.288 e. The Hall–Kier alpha value is -1.09. The van der Waals surface area contributed by atoms with E-state index in [1.54, 1.807) is 6.07 Å². The van der Waals surface area contributed by atoms with Crippen LogP contribution in [0.25, 0.3) is 0 Å². The summed E-state index contributed by atoms with van der Waals surface area (Å²) in [4.78, 5) is 12.2. The molecule has 2 aromatic rings. The summed E-state index contributed by atoms with van der Waals surface area (Å²) in [6.45, 7) is 0. The number of carbonyl (C=O) groups excluding carboxylic acids is 1. The number of carbonyl (C=O) groups is 1. The van der Waals surface area contributed by atoms with E-state index in [4.69, 9.17) is 34.8 Å². The zero-order valence-corrected chi connectivity index (χ0v) is 11.2. The molecule has 0 aromatic heterocycles. The molecule has 0 aliphatic heterocycles. The molecule has 18 heavy (non-hydrogen) atoms. The monoisotopic (exact) mass is 302 g/mol. The molecule has 0 spiro atoms. The molecule has 92 valence electrons. The van der Waals surface area contributed by atoms with Crippen molar-refractivity contribution in [2.75, 3.05) is 0 Å². The second-order valence-corrected chi connectivity index (χ2v) is 4.77. The molecule has 0 bridgehead atoms. The lowest BCUT2D eigenvalue weighted by Gasteiger charge is -2.07. The molecular weight excluding hydrogens is 297 g/mol. The molecule has 2 aromatic carbocycles. The van der Waals surface area contributed by atoms with Crippen molar-refractivity contribution in [1.29, 1.82) is 0 Å². The SMILES string of the molecule is O=C(c1cc(F)ccc1Cl)c1c(Cl)cccc1Cl. The zero-order chi connectivity index (χ0) is 13.3. The van der Waals surface area contributed by atoms with Crippen LogP contribution < -0.4 is 0 Å². The lowest BCUT2D eigenvalue weighted by molar-refractivity contribution is 0.103. The maximum absolute atomic E-state index is 13.1. The van der Waals surface area contributed by atoms with Crippen molar-refractivity contribution >= 4 is 40.6 Å². The first-order valence-corrected chi connectivity index (χ1v) is 6.08. The van der Waals surface area contributed by atoms with Crippen LogP contribution in [0.5, 0.6) is 0 Å². The summed E-state index contributed by atoms with van der Waals surface area (Å²) in [5.74, 6) is -1.05. The van der Waals surface area contributed by atoms with E-state index in [9.17, 15) is 9.18 Å². The molecule has 0 radical (unpaired) electrons. The molecule has 0 amide bonds. The van der Waals surface area contributed by atoms with Crippen molar-refractivity contribution in [2.45, 2.75) is 0 Å². The summed E-state index contributed by atoms with van der Waals surface area (Å²) in [5, 5.41) is 0.554. The summed E-state index contributed by atoms with van der Waals surface area (Å²) in [5.41, 5.74) is 0.153. The van der Waals surface area contributed by atoms with Crippen LogP contribution in [0.15, 0.2) is 36.4 Å². The van der Waals surface area contributed by atoms with Gasteiger partial charge in [0.05, 0.1) is 20.6 Å². The molecule has 2 rings (SSSR count). The summed E-state index contributed by atoms with van der Waals surface area (Å²) in [6, 6.07) is 8.24. The molecule has 5 heteroatoms. The second-order valence-electron chi connectivity index (χ2n) is 3.55. The third-order valence-electron chi connectivity index (χ3n) is 2.36. The Morgan fingerprint density at radius 2 is 1.56 bits per heavy atom. The Morgan fingerprint density at radius 3 is 2.17 bits per heavy atom. The van der Waals surface area contributed by atoms with Gasteiger partial charge in [-0.3, -0.25) is 4.79 Å². The maximum atomic E-state index is 13.1. The van der Waals surface area contributed by atoms with Crippen LogP contribution in [0, 0.1) is 5.82 Å². The molecule has 0 unspecified atom stereocenters. The first kappa shape index (κ1) is 13.3. The minimum Gasteiger partial charge on any atom is -0.288 e. The average Bonchev–Trinajstić information content (AvgIpc) is 2.32. The number of hydrogen-bond acceptors (Lipinski definition) is 1. The Balaban J connectivity index is 2.58. The number of ketones is 1. The summed E-state index contributed by atoms with van der Waals surface area (Å²) in [7, 11) is 0. The minimum atomic E-state index is -0.550. The summed E-state index contributed by atoms with van der Waals surface area (Å²) < 4.78 is 13.1. The Labute approximate surface area is 118 Å². The Bertz CT molecular complexity index is 605. The highest BCUT2D eigenvalue weighted by Gasteiger charge is 2.19. The maximum Gasteiger partial charge on any atom is 0.197 e. The van der Waals surface area contributed by atoms with Gasteiger partial charge < -0.3 is 0 Å². The molecule has 0 aliphatic rings. The number of benzene rings is 2. The quantitative estimate of drug-likeness (QED) is 0.712. The van der Waals surface area contributed by atoms with Gasteiger partial charge in [0.2, 0.25) is 0 Å². The first-order valence-electron chi connectivity index (χ1n) is 4.94. The standard InChI is InChI=1S/C13H6Cl3FO/c14-9-5-4-7(17)6-8(9)13(18)12-10(15)2-1-3-11(12)16/h1-6H. The minimum absolute atomic E-state index is 0.0340. The Morgan fingerprint density at radius 1 is 0.944 bits per heavy atom. The van der Waals surface area contributed by atoms with E-state index in [1.807, 2.05) is 0 Å². The fraction of sp³-hybridized carbons (Fsp3) is 0. The van der Waals surface area contributed by atoms with Crippen molar-refractivity contribution in [3.63, 3.8) is 0 Å². The molecule has 0 saturated carbocycles. The smallest absolute Gasteiger partial charge is 0.197 e. The van der Waals surface area contributed by atoms with Crippen molar-refractivity contribution in [3.8, 4) is 0 Å². The van der Waals surface area contributed by atoms with Gasteiger partial charge in [-0.25, -0.2) is 4.39 Å². The molecule has 0 heterocycles. The molecule has 0 aliphatic carbocycles. The predicted octanol–water partition coefficient (Wildman–Crippen LogP) is 5.02.